The van der Waals surface area contributed by atoms with Crippen LogP contribution in [0.15, 0.2) is 78.9 Å². The molecule has 0 amide bonds. The number of para-hydroxylation sites is 3. The van der Waals surface area contributed by atoms with Gasteiger partial charge in [0.2, 0.25) is 0 Å². The Morgan fingerprint density at radius 2 is 1.13 bits per heavy atom. The van der Waals surface area contributed by atoms with E-state index in [1.165, 1.54) is 0 Å². The Bertz CT molecular complexity index is 917. The van der Waals surface area contributed by atoms with E-state index in [1.54, 1.807) is 36.4 Å². The second kappa shape index (κ2) is 8.83. The zero-order valence-corrected chi connectivity index (χ0v) is 18.0. The predicted molar refractivity (Wildman–Crippen MR) is 122 cm³/mol. The molecule has 4 rings (SSSR count). The lowest BCUT2D eigenvalue weighted by atomic mass is 9.55. The Balaban J connectivity index is 0.000000310. The van der Waals surface area contributed by atoms with Gasteiger partial charge in [0.25, 0.3) is 0 Å². The Kier molecular flexibility index (Phi) is 6.40. The van der Waals surface area contributed by atoms with E-state index < -0.39 is 0 Å². The number of benzene rings is 3. The topological polar surface area (TPSA) is 60.7 Å². The molecule has 3 aromatic carbocycles. The molecule has 1 saturated carbocycles. The second-order valence-corrected chi connectivity index (χ2v) is 9.31. The van der Waals surface area contributed by atoms with Crippen molar-refractivity contribution in [3.05, 3.63) is 90.0 Å². The van der Waals surface area contributed by atoms with Gasteiger partial charge in [-0.2, -0.15) is 0 Å². The zero-order chi connectivity index (χ0) is 21.8. The molecule has 3 heteroatoms. The van der Waals surface area contributed by atoms with Crippen LogP contribution in [0.2, 0.25) is 0 Å². The Morgan fingerprint density at radius 3 is 1.53 bits per heavy atom. The molecule has 1 aliphatic rings. The van der Waals surface area contributed by atoms with Gasteiger partial charge in [0.05, 0.1) is 0 Å². The number of phenolic OH excluding ortho intramolecular Hbond substituents is 3. The van der Waals surface area contributed by atoms with Crippen LogP contribution in [0.5, 0.6) is 17.2 Å². The quantitative estimate of drug-likeness (QED) is 0.450. The molecule has 3 aromatic rings. The van der Waals surface area contributed by atoms with Crippen LogP contribution in [0.4, 0.5) is 0 Å². The summed E-state index contributed by atoms with van der Waals surface area (Å²) < 4.78 is 0. The Hall–Kier alpha value is -2.94. The van der Waals surface area contributed by atoms with E-state index in [4.69, 9.17) is 5.11 Å². The second-order valence-electron chi connectivity index (χ2n) is 9.31. The van der Waals surface area contributed by atoms with E-state index in [9.17, 15) is 10.2 Å². The van der Waals surface area contributed by atoms with Gasteiger partial charge in [0.15, 0.2) is 0 Å². The first kappa shape index (κ1) is 21.8. The van der Waals surface area contributed by atoms with Crippen LogP contribution in [-0.2, 0) is 5.41 Å². The third-order valence-corrected chi connectivity index (χ3v) is 5.97. The van der Waals surface area contributed by atoms with Gasteiger partial charge < -0.3 is 15.3 Å². The molecule has 1 aliphatic carbocycles. The minimum atomic E-state index is -0.349. The molecule has 158 valence electrons. The van der Waals surface area contributed by atoms with Crippen LogP contribution >= 0.6 is 0 Å². The monoisotopic (exact) mass is 404 g/mol. The first-order valence-electron chi connectivity index (χ1n) is 10.5. The van der Waals surface area contributed by atoms with E-state index in [0.29, 0.717) is 23.2 Å². The minimum absolute atomic E-state index is 0.155. The van der Waals surface area contributed by atoms with Gasteiger partial charge in [-0.15, -0.1) is 0 Å². The number of hydrogen-bond acceptors (Lipinski definition) is 3. The largest absolute Gasteiger partial charge is 0.508 e. The summed E-state index contributed by atoms with van der Waals surface area (Å²) in [5.41, 5.74) is 1.67. The highest BCUT2D eigenvalue weighted by atomic mass is 16.3. The van der Waals surface area contributed by atoms with Gasteiger partial charge in [-0.1, -0.05) is 75.4 Å². The van der Waals surface area contributed by atoms with Gasteiger partial charge >= 0.3 is 0 Å². The summed E-state index contributed by atoms with van der Waals surface area (Å²) in [6.45, 7) is 6.85. The summed E-state index contributed by atoms with van der Waals surface area (Å²) in [7, 11) is 0. The third kappa shape index (κ3) is 4.79. The normalized spacial score (nSPS) is 19.4. The maximum absolute atomic E-state index is 10.6. The molecule has 30 heavy (non-hydrogen) atoms. The summed E-state index contributed by atoms with van der Waals surface area (Å²) >= 11 is 0. The highest BCUT2D eigenvalue weighted by molar-refractivity contribution is 5.51. The molecule has 0 radical (unpaired) electrons. The van der Waals surface area contributed by atoms with E-state index in [2.05, 4.69) is 20.8 Å². The van der Waals surface area contributed by atoms with E-state index in [0.717, 1.165) is 30.4 Å². The molecule has 0 saturated heterocycles. The maximum atomic E-state index is 10.6. The molecular weight excluding hydrogens is 372 g/mol. The fourth-order valence-electron chi connectivity index (χ4n) is 5.31. The first-order valence-corrected chi connectivity index (χ1v) is 10.5. The van der Waals surface area contributed by atoms with Gasteiger partial charge in [-0.05, 0) is 54.9 Å². The van der Waals surface area contributed by atoms with Crippen LogP contribution in [0, 0.1) is 11.3 Å². The summed E-state index contributed by atoms with van der Waals surface area (Å²) in [6, 6.07) is 23.9. The van der Waals surface area contributed by atoms with E-state index in [1.807, 2.05) is 42.5 Å². The summed E-state index contributed by atoms with van der Waals surface area (Å²) in [5.74, 6) is 1.49. The Morgan fingerprint density at radius 1 is 0.667 bits per heavy atom. The average molecular weight is 405 g/mol. The molecule has 0 spiro atoms. The predicted octanol–water partition coefficient (Wildman–Crippen LogP) is 6.62. The Labute approximate surface area is 179 Å². The van der Waals surface area contributed by atoms with E-state index >= 15 is 0 Å². The molecular formula is C27H32O3. The summed E-state index contributed by atoms with van der Waals surface area (Å²) in [4.78, 5) is 0. The molecule has 0 aliphatic heterocycles. The molecule has 3 nitrogen and oxygen atoms in total. The van der Waals surface area contributed by atoms with Crippen molar-refractivity contribution in [2.75, 3.05) is 0 Å². The highest BCUT2D eigenvalue weighted by Crippen LogP contribution is 2.56. The van der Waals surface area contributed by atoms with Gasteiger partial charge in [0, 0.05) is 16.5 Å². The highest BCUT2D eigenvalue weighted by Gasteiger charge is 2.47. The van der Waals surface area contributed by atoms with Crippen LogP contribution in [0.3, 0.4) is 0 Å². The van der Waals surface area contributed by atoms with Crippen LogP contribution in [-0.4, -0.2) is 15.3 Å². The molecule has 1 fully saturated rings. The van der Waals surface area contributed by atoms with Gasteiger partial charge in [-0.3, -0.25) is 0 Å². The first-order chi connectivity index (χ1) is 14.2. The number of phenols is 3. The number of rotatable bonds is 2. The molecule has 0 heterocycles. The smallest absolute Gasteiger partial charge is 0.119 e. The van der Waals surface area contributed by atoms with Crippen molar-refractivity contribution in [2.24, 2.45) is 11.3 Å². The SMILES string of the molecule is CC1CC(C)(C)CC(c2ccccc2O)(c2ccccc2O)C1.Oc1ccccc1. The lowest BCUT2D eigenvalue weighted by Crippen LogP contribution is -2.41. The zero-order valence-electron chi connectivity index (χ0n) is 18.0. The molecule has 0 bridgehead atoms. The van der Waals surface area contributed by atoms with Crippen molar-refractivity contribution >= 4 is 0 Å². The van der Waals surface area contributed by atoms with E-state index in [-0.39, 0.29) is 10.8 Å². The third-order valence-electron chi connectivity index (χ3n) is 5.97. The standard InChI is InChI=1S/C21H26O2.C6H6O/c1-15-12-20(2,3)14-21(13-15,16-8-4-6-10-18(16)22)17-9-5-7-11-19(17)23;7-6-4-2-1-3-5-6/h4-11,15,22-23H,12-14H2,1-3H3;1-5,7H. The molecule has 1 unspecified atom stereocenters. The van der Waals surface area contributed by atoms with Crippen LogP contribution in [0.25, 0.3) is 0 Å². The average Bonchev–Trinajstić information content (AvgIpc) is 2.68. The minimum Gasteiger partial charge on any atom is -0.508 e. The lowest BCUT2D eigenvalue weighted by molar-refractivity contribution is 0.123. The van der Waals surface area contributed by atoms with Crippen molar-refractivity contribution in [2.45, 2.75) is 45.4 Å². The summed E-state index contributed by atoms with van der Waals surface area (Å²) in [6.07, 6.45) is 3.01. The number of aromatic hydroxyl groups is 3. The van der Waals surface area contributed by atoms with Crippen molar-refractivity contribution in [3.8, 4) is 17.2 Å². The fraction of sp³-hybridized carbons (Fsp3) is 0.333. The molecule has 1 atom stereocenters. The van der Waals surface area contributed by atoms with Crippen molar-refractivity contribution in [1.29, 1.82) is 0 Å². The molecule has 3 N–H and O–H groups in total. The fourth-order valence-corrected chi connectivity index (χ4v) is 5.31. The molecule has 0 aromatic heterocycles. The van der Waals surface area contributed by atoms with Gasteiger partial charge in [-0.25, -0.2) is 0 Å². The van der Waals surface area contributed by atoms with Crippen molar-refractivity contribution < 1.29 is 15.3 Å². The number of hydrogen-bond donors (Lipinski definition) is 3. The van der Waals surface area contributed by atoms with Gasteiger partial charge in [0.1, 0.15) is 17.2 Å². The summed E-state index contributed by atoms with van der Waals surface area (Å²) in [5, 5.41) is 29.7. The van der Waals surface area contributed by atoms with Crippen molar-refractivity contribution in [3.63, 3.8) is 0 Å². The maximum Gasteiger partial charge on any atom is 0.119 e. The van der Waals surface area contributed by atoms with Crippen LogP contribution < -0.4 is 0 Å². The van der Waals surface area contributed by atoms with Crippen LogP contribution in [0.1, 0.15) is 51.2 Å². The lowest BCUT2D eigenvalue weighted by Gasteiger charge is -2.48. The van der Waals surface area contributed by atoms with Crippen molar-refractivity contribution in [1.82, 2.24) is 0 Å².